The van der Waals surface area contributed by atoms with Gasteiger partial charge in [-0.15, -0.1) is 0 Å². The molecule has 0 amide bonds. The van der Waals surface area contributed by atoms with Crippen molar-refractivity contribution in [3.63, 3.8) is 0 Å². The molecule has 5 heteroatoms. The van der Waals surface area contributed by atoms with Crippen molar-refractivity contribution >= 4 is 6.16 Å². The van der Waals surface area contributed by atoms with Crippen LogP contribution in [-0.2, 0) is 17.1 Å². The van der Waals surface area contributed by atoms with Gasteiger partial charge in [0, 0.05) is 17.1 Å². The fraction of sp³-hybridized carbons (Fsp3) is 0. The molecule has 6 heavy (non-hydrogen) atoms. The maximum Gasteiger partial charge on any atom is 1.00 e. The summed E-state index contributed by atoms with van der Waals surface area (Å²) in [5, 5.41) is 13.9. The minimum atomic E-state index is -1.83. The van der Waals surface area contributed by atoms with Crippen molar-refractivity contribution in [2.24, 2.45) is 0 Å². The second-order valence-corrected chi connectivity index (χ2v) is 0.283. The zero-order valence-corrected chi connectivity index (χ0v) is 4.26. The molecule has 0 rings (SSSR count). The Morgan fingerprint density at radius 3 is 1.50 bits per heavy atom. The molecule has 0 saturated heterocycles. The van der Waals surface area contributed by atoms with Crippen molar-refractivity contribution in [3.05, 3.63) is 0 Å². The van der Waals surface area contributed by atoms with E-state index in [1.54, 1.807) is 0 Å². The minimum Gasteiger partial charge on any atom is -1.00 e. The van der Waals surface area contributed by atoms with Crippen LogP contribution < -0.4 is 18.9 Å². The van der Waals surface area contributed by atoms with Crippen molar-refractivity contribution in [2.45, 2.75) is 0 Å². The van der Waals surface area contributed by atoms with Crippen molar-refractivity contribution < 1.29 is 52.4 Å². The summed E-state index contributed by atoms with van der Waals surface area (Å²) in [6.07, 6.45) is -1.83. The van der Waals surface area contributed by atoms with E-state index in [0.717, 1.165) is 0 Å². The number of hydrogen-bond acceptors (Lipinski definition) is 1. The molecule has 0 radical (unpaired) electrons. The third-order valence-corrected chi connectivity index (χ3v) is 0. The molecule has 0 aromatic rings. The van der Waals surface area contributed by atoms with Crippen LogP contribution in [0.4, 0.5) is 4.79 Å². The Balaban J connectivity index is -0.0000000150. The van der Waals surface area contributed by atoms with E-state index in [2.05, 4.69) is 0 Å². The van der Waals surface area contributed by atoms with Crippen LogP contribution in [0.25, 0.3) is 0 Å². The smallest absolute Gasteiger partial charge is 1.00 e. The second kappa shape index (κ2) is 9.04. The van der Waals surface area contributed by atoms with Gasteiger partial charge in [-0.25, -0.2) is 4.79 Å². The van der Waals surface area contributed by atoms with Crippen LogP contribution in [0, 0.1) is 0 Å². The Bertz CT molecular complexity index is 37.9. The second-order valence-electron chi connectivity index (χ2n) is 0.283. The summed E-state index contributed by atoms with van der Waals surface area (Å²) < 4.78 is 0. The Hall–Kier alpha value is 0.387. The number of carbonyl (C=O) groups is 1. The number of carboxylic acid groups (broad SMARTS) is 2. The molecule has 0 aliphatic heterocycles. The van der Waals surface area contributed by atoms with Crippen molar-refractivity contribution in [3.8, 4) is 0 Å². The van der Waals surface area contributed by atoms with Crippen LogP contribution in [-0.4, -0.2) is 16.4 Å². The van der Waals surface area contributed by atoms with Crippen molar-refractivity contribution in [2.75, 3.05) is 0 Å². The summed E-state index contributed by atoms with van der Waals surface area (Å²) in [4.78, 5) is 8.56. The van der Waals surface area contributed by atoms with Gasteiger partial charge in [0.25, 0.3) is 0 Å². The van der Waals surface area contributed by atoms with E-state index in [-0.39, 0.29) is 37.4 Å². The first-order valence-electron chi connectivity index (χ1n) is 0.651. The van der Waals surface area contributed by atoms with Gasteiger partial charge in [0.1, 0.15) is 0 Å². The molecule has 0 aromatic carbocycles. The van der Waals surface area contributed by atoms with Crippen LogP contribution in [0.15, 0.2) is 0 Å². The largest absolute Gasteiger partial charge is 1.00 e. The van der Waals surface area contributed by atoms with Gasteiger partial charge in [-0.2, -0.15) is 0 Å². The van der Waals surface area contributed by atoms with Gasteiger partial charge < -0.3 is 11.6 Å². The van der Waals surface area contributed by atoms with E-state index in [9.17, 15) is 0 Å². The molecule has 0 atom stereocenters. The van der Waals surface area contributed by atoms with Gasteiger partial charge in [-0.3, -0.25) is 0 Å². The summed E-state index contributed by atoms with van der Waals surface area (Å²) in [6.45, 7) is 0. The fourth-order valence-corrected chi connectivity index (χ4v) is 0. The summed E-state index contributed by atoms with van der Waals surface area (Å²) in [5.41, 5.74) is 0. The van der Waals surface area contributed by atoms with Gasteiger partial charge in [0.15, 0.2) is 0 Å². The van der Waals surface area contributed by atoms with Gasteiger partial charge in [0.2, 0.25) is 0 Å². The van der Waals surface area contributed by atoms with E-state index >= 15 is 0 Å². The van der Waals surface area contributed by atoms with Crippen LogP contribution in [0.2, 0.25) is 0 Å². The average molecular weight is 126 g/mol. The molecular weight excluding hydrogens is 123 g/mol. The van der Waals surface area contributed by atoms with E-state index in [4.69, 9.17) is 15.0 Å². The van der Waals surface area contributed by atoms with Gasteiger partial charge >= 0.3 is 25.0 Å². The third-order valence-electron chi connectivity index (χ3n) is 0. The van der Waals surface area contributed by atoms with Gasteiger partial charge in [0.05, 0.1) is 0 Å². The number of hydrogen-bond donors (Lipinski definition) is 2. The molecule has 0 spiro atoms. The Labute approximate surface area is 58.9 Å². The zero-order chi connectivity index (χ0) is 3.58. The quantitative estimate of drug-likeness (QED) is 0.348. The normalized spacial score (nSPS) is 4.00. The van der Waals surface area contributed by atoms with Gasteiger partial charge in [-0.05, 0) is 0 Å². The number of rotatable bonds is 0. The maximum atomic E-state index is 8.56. The predicted octanol–water partition coefficient (Wildman–Crippen LogP) is -2.66. The summed E-state index contributed by atoms with van der Waals surface area (Å²) in [5.74, 6) is 0. The molecule has 0 aliphatic carbocycles. The first-order chi connectivity index (χ1) is 1.73. The Kier molecular flexibility index (Phi) is 24.3. The first kappa shape index (κ1) is 16.2. The van der Waals surface area contributed by atoms with Crippen LogP contribution in [0.5, 0.6) is 0 Å². The predicted molar refractivity (Wildman–Crippen MR) is 11.8 cm³/mol. The molecule has 0 fully saturated rings. The topological polar surface area (TPSA) is 57.5 Å². The van der Waals surface area contributed by atoms with E-state index in [0.29, 0.717) is 0 Å². The molecule has 0 aromatic heterocycles. The van der Waals surface area contributed by atoms with E-state index in [1.165, 1.54) is 0 Å². The van der Waals surface area contributed by atoms with Crippen LogP contribution in [0.3, 0.4) is 0 Å². The van der Waals surface area contributed by atoms with Crippen molar-refractivity contribution in [1.82, 2.24) is 0 Å². The SMILES string of the molecule is O=C(O)O.[Fe].[H-].[Li+]. The monoisotopic (exact) mass is 126 g/mol. The van der Waals surface area contributed by atoms with Crippen molar-refractivity contribution in [1.29, 1.82) is 0 Å². The maximum absolute atomic E-state index is 8.56. The molecule has 0 heterocycles. The molecule has 0 saturated carbocycles. The minimum absolute atomic E-state index is 0. The van der Waals surface area contributed by atoms with E-state index in [1.807, 2.05) is 0 Å². The molecule has 0 unspecified atom stereocenters. The average Bonchev–Trinajstić information content (AvgIpc) is 0.811. The summed E-state index contributed by atoms with van der Waals surface area (Å²) in [6, 6.07) is 0. The van der Waals surface area contributed by atoms with Gasteiger partial charge in [-0.1, -0.05) is 0 Å². The van der Waals surface area contributed by atoms with E-state index < -0.39 is 6.16 Å². The first-order valence-corrected chi connectivity index (χ1v) is 0.651. The van der Waals surface area contributed by atoms with Crippen LogP contribution in [0.1, 0.15) is 1.43 Å². The fourth-order valence-electron chi connectivity index (χ4n) is 0. The molecule has 0 bridgehead atoms. The molecular formula is CH3FeLiO3. The molecule has 0 aliphatic rings. The zero-order valence-electron chi connectivity index (χ0n) is 4.16. The molecule has 3 nitrogen and oxygen atoms in total. The molecule has 34 valence electrons. The third kappa shape index (κ3) is 336. The standard InChI is InChI=1S/CH2O3.Fe.Li.H/c2-1(3)4;;;/h(H2,2,3,4);;;/q;;+1;-1. The molecule has 2 N–H and O–H groups in total. The van der Waals surface area contributed by atoms with Crippen LogP contribution >= 0.6 is 0 Å². The summed E-state index contributed by atoms with van der Waals surface area (Å²) >= 11 is 0. The summed E-state index contributed by atoms with van der Waals surface area (Å²) in [7, 11) is 0. The Morgan fingerprint density at radius 1 is 1.50 bits per heavy atom. The Morgan fingerprint density at radius 2 is 1.50 bits per heavy atom.